The van der Waals surface area contributed by atoms with Crippen LogP contribution in [0.5, 0.6) is 0 Å². The van der Waals surface area contributed by atoms with E-state index in [-0.39, 0.29) is 48.1 Å². The van der Waals surface area contributed by atoms with Gasteiger partial charge in [0.25, 0.3) is 0 Å². The molecule has 0 aromatic carbocycles. The molecule has 0 aromatic rings. The summed E-state index contributed by atoms with van der Waals surface area (Å²) in [6.07, 6.45) is 0. The molecule has 0 saturated carbocycles. The SMILES string of the molecule is O=S(=O)([O-])[O-].[Fe+2].[H-].[Na+]. The van der Waals surface area contributed by atoms with Crippen LogP contribution in [0.1, 0.15) is 1.43 Å². The van der Waals surface area contributed by atoms with Gasteiger partial charge in [0.05, 0.1) is 0 Å². The Morgan fingerprint density at radius 3 is 1.29 bits per heavy atom. The van der Waals surface area contributed by atoms with E-state index in [1.807, 2.05) is 0 Å². The van der Waals surface area contributed by atoms with Gasteiger partial charge in [-0.1, -0.05) is 0 Å². The van der Waals surface area contributed by atoms with Gasteiger partial charge in [-0.3, -0.25) is 8.42 Å². The van der Waals surface area contributed by atoms with E-state index in [1.54, 1.807) is 0 Å². The van der Waals surface area contributed by atoms with Crippen molar-refractivity contribution in [1.82, 2.24) is 0 Å². The molecule has 0 N–H and O–H groups in total. The molecule has 0 amide bonds. The Labute approximate surface area is 75.5 Å². The summed E-state index contributed by atoms with van der Waals surface area (Å²) in [5.74, 6) is 0. The largest absolute Gasteiger partial charge is 2.00 e. The van der Waals surface area contributed by atoms with Crippen molar-refractivity contribution in [3.8, 4) is 0 Å². The molecule has 0 heterocycles. The van der Waals surface area contributed by atoms with Crippen LogP contribution in [0.3, 0.4) is 0 Å². The zero-order valence-corrected chi connectivity index (χ0v) is 7.32. The summed E-state index contributed by atoms with van der Waals surface area (Å²) >= 11 is 0. The van der Waals surface area contributed by atoms with Gasteiger partial charge in [0.15, 0.2) is 0 Å². The molecule has 0 rings (SSSR count). The van der Waals surface area contributed by atoms with Gasteiger partial charge in [-0.05, 0) is 0 Å². The van der Waals surface area contributed by atoms with E-state index in [9.17, 15) is 0 Å². The molecule has 0 radical (unpaired) electrons. The van der Waals surface area contributed by atoms with Crippen LogP contribution in [0.2, 0.25) is 0 Å². The molecule has 40 valence electrons. The summed E-state index contributed by atoms with van der Waals surface area (Å²) in [5.41, 5.74) is 0. The first kappa shape index (κ1) is 15.8. The molecule has 0 atom stereocenters. The van der Waals surface area contributed by atoms with Crippen LogP contribution in [-0.4, -0.2) is 17.5 Å². The molecule has 0 unspecified atom stereocenters. The third kappa shape index (κ3) is 111. The monoisotopic (exact) mass is 176 g/mol. The van der Waals surface area contributed by atoms with Crippen LogP contribution in [-0.2, 0) is 27.5 Å². The number of hydrogen-bond donors (Lipinski definition) is 0. The maximum atomic E-state index is 8.52. The Morgan fingerprint density at radius 2 is 1.29 bits per heavy atom. The van der Waals surface area contributed by atoms with Crippen LogP contribution in [0.15, 0.2) is 0 Å². The molecule has 0 aromatic heterocycles. The average Bonchev–Trinajstić information content (AvgIpc) is 0.722. The predicted molar refractivity (Wildman–Crippen MR) is 11.6 cm³/mol. The Morgan fingerprint density at radius 1 is 1.29 bits per heavy atom. The molecule has 0 bridgehead atoms. The smallest absolute Gasteiger partial charge is 1.00 e. The van der Waals surface area contributed by atoms with E-state index in [2.05, 4.69) is 0 Å². The Balaban J connectivity index is -0.0000000267. The fraction of sp³-hybridized carbons (Fsp3) is 0. The number of hydrogen-bond acceptors (Lipinski definition) is 4. The van der Waals surface area contributed by atoms with Crippen LogP contribution in [0.25, 0.3) is 0 Å². The molecule has 0 spiro atoms. The van der Waals surface area contributed by atoms with Crippen molar-refractivity contribution < 1.29 is 65.6 Å². The van der Waals surface area contributed by atoms with E-state index < -0.39 is 10.4 Å². The molecule has 0 aliphatic rings. The van der Waals surface area contributed by atoms with Crippen molar-refractivity contribution in [2.45, 2.75) is 0 Å². The number of rotatable bonds is 0. The van der Waals surface area contributed by atoms with Crippen LogP contribution in [0, 0.1) is 0 Å². The maximum Gasteiger partial charge on any atom is 2.00 e. The molecule has 0 aliphatic carbocycles. The first-order chi connectivity index (χ1) is 2.00. The van der Waals surface area contributed by atoms with E-state index in [0.717, 1.165) is 0 Å². The van der Waals surface area contributed by atoms with Gasteiger partial charge in [0.1, 0.15) is 0 Å². The molecular formula is HFeNaO4S. The first-order valence-electron chi connectivity index (χ1n) is 0.667. The third-order valence-electron chi connectivity index (χ3n) is 0. The molecular weight excluding hydrogens is 175 g/mol. The predicted octanol–water partition coefficient (Wildman–Crippen LogP) is -4.22. The topological polar surface area (TPSA) is 80.3 Å². The minimum absolute atomic E-state index is 0. The van der Waals surface area contributed by atoms with Crippen molar-refractivity contribution in [1.29, 1.82) is 0 Å². The van der Waals surface area contributed by atoms with E-state index >= 15 is 0 Å². The van der Waals surface area contributed by atoms with Crippen molar-refractivity contribution in [3.05, 3.63) is 0 Å². The van der Waals surface area contributed by atoms with Crippen molar-refractivity contribution in [3.63, 3.8) is 0 Å². The molecule has 4 nitrogen and oxygen atoms in total. The van der Waals surface area contributed by atoms with Gasteiger partial charge in [0, 0.05) is 10.4 Å². The quantitative estimate of drug-likeness (QED) is 0.213. The Kier molecular flexibility index (Phi) is 12.4. The van der Waals surface area contributed by atoms with Gasteiger partial charge in [0.2, 0.25) is 0 Å². The second-order valence-electron chi connectivity index (χ2n) is 0.408. The van der Waals surface area contributed by atoms with E-state index in [0.29, 0.717) is 0 Å². The molecule has 7 heteroatoms. The Hall–Kier alpha value is 1.39. The molecule has 0 saturated heterocycles. The average molecular weight is 176 g/mol. The zero-order chi connectivity index (χ0) is 4.50. The molecule has 0 aliphatic heterocycles. The molecule has 7 heavy (non-hydrogen) atoms. The Bertz CT molecular complexity index is 99.2. The summed E-state index contributed by atoms with van der Waals surface area (Å²) in [6, 6.07) is 0. The van der Waals surface area contributed by atoms with Crippen molar-refractivity contribution in [2.24, 2.45) is 0 Å². The van der Waals surface area contributed by atoms with Crippen molar-refractivity contribution in [2.75, 3.05) is 0 Å². The minimum atomic E-state index is -5.17. The van der Waals surface area contributed by atoms with E-state index in [4.69, 9.17) is 17.5 Å². The van der Waals surface area contributed by atoms with Gasteiger partial charge in [-0.2, -0.15) is 0 Å². The van der Waals surface area contributed by atoms with Gasteiger partial charge < -0.3 is 10.5 Å². The summed E-state index contributed by atoms with van der Waals surface area (Å²) in [5, 5.41) is 0. The zero-order valence-electron chi connectivity index (χ0n) is 4.39. The van der Waals surface area contributed by atoms with Gasteiger partial charge in [-0.25, -0.2) is 0 Å². The first-order valence-corrected chi connectivity index (χ1v) is 2.00. The summed E-state index contributed by atoms with van der Waals surface area (Å²) in [6.45, 7) is 0. The molecule has 0 fully saturated rings. The fourth-order valence-corrected chi connectivity index (χ4v) is 0. The normalized spacial score (nSPS) is 8.29. The minimum Gasteiger partial charge on any atom is -1.00 e. The van der Waals surface area contributed by atoms with Crippen molar-refractivity contribution >= 4 is 10.4 Å². The maximum absolute atomic E-state index is 8.52. The summed E-state index contributed by atoms with van der Waals surface area (Å²) in [7, 11) is -5.17. The third-order valence-corrected chi connectivity index (χ3v) is 0. The van der Waals surface area contributed by atoms with E-state index in [1.165, 1.54) is 0 Å². The van der Waals surface area contributed by atoms with Crippen LogP contribution in [0.4, 0.5) is 0 Å². The fourth-order valence-electron chi connectivity index (χ4n) is 0. The second-order valence-corrected chi connectivity index (χ2v) is 1.22. The summed E-state index contributed by atoms with van der Waals surface area (Å²) in [4.78, 5) is 0. The van der Waals surface area contributed by atoms with Crippen LogP contribution >= 0.6 is 0 Å². The van der Waals surface area contributed by atoms with Gasteiger partial charge in [-0.15, -0.1) is 0 Å². The van der Waals surface area contributed by atoms with Gasteiger partial charge >= 0.3 is 46.6 Å². The summed E-state index contributed by atoms with van der Waals surface area (Å²) < 4.78 is 34.1. The second kappa shape index (κ2) is 5.52. The van der Waals surface area contributed by atoms with Crippen LogP contribution < -0.4 is 29.6 Å². The standard InChI is InChI=1S/Fe.Na.H2O4S.H/c;;1-5(2,3)4;/h;;(H2,1,2,3,4);/q+2;+1;;-1/p-2.